The minimum absolute atomic E-state index is 0.0232. The topological polar surface area (TPSA) is 67.8 Å². The number of rotatable bonds is 5. The Morgan fingerprint density at radius 2 is 1.97 bits per heavy atom. The maximum Gasteiger partial charge on any atom is 0.241 e. The smallest absolute Gasteiger partial charge is 0.241 e. The Balaban J connectivity index is 1.52. The standard InChI is InChI=1S/C22H30N4O3/c1-5-19-20-8-6-14(2)25(20)10-11-26(19)22(27)18-13-17(23-24-18)16-12-15(28-3)7-9-21(16)29-4/h6-9,12,17-19,23-24H,5,10-11,13H2,1-4H3. The van der Waals surface area contributed by atoms with Crippen LogP contribution in [0.1, 0.15) is 48.8 Å². The molecule has 2 aromatic rings. The second-order valence-electron chi connectivity index (χ2n) is 7.74. The number of carbonyl (C=O) groups is 1. The summed E-state index contributed by atoms with van der Waals surface area (Å²) in [5.74, 6) is 1.71. The van der Waals surface area contributed by atoms with E-state index in [2.05, 4.69) is 41.4 Å². The molecule has 1 fully saturated rings. The van der Waals surface area contributed by atoms with Crippen molar-refractivity contribution in [1.82, 2.24) is 20.3 Å². The predicted octanol–water partition coefficient (Wildman–Crippen LogP) is 2.71. The van der Waals surface area contributed by atoms with Gasteiger partial charge in [-0.3, -0.25) is 4.79 Å². The van der Waals surface area contributed by atoms with E-state index in [1.165, 1.54) is 11.4 Å². The van der Waals surface area contributed by atoms with Crippen molar-refractivity contribution in [2.75, 3.05) is 20.8 Å². The van der Waals surface area contributed by atoms with Crippen molar-refractivity contribution in [3.8, 4) is 11.5 Å². The number of nitrogens with zero attached hydrogens (tertiary/aromatic N) is 2. The van der Waals surface area contributed by atoms with Crippen molar-refractivity contribution in [2.24, 2.45) is 0 Å². The predicted molar refractivity (Wildman–Crippen MR) is 111 cm³/mol. The Kier molecular flexibility index (Phi) is 5.52. The number of fused-ring (bicyclic) bond motifs is 1. The number of benzene rings is 1. The van der Waals surface area contributed by atoms with E-state index in [9.17, 15) is 4.79 Å². The molecule has 0 bridgehead atoms. The zero-order valence-corrected chi connectivity index (χ0v) is 17.6. The SMILES string of the molecule is CCC1c2ccc(C)n2CCN1C(=O)C1CC(c2cc(OC)ccc2OC)NN1. The molecule has 0 radical (unpaired) electrons. The number of ether oxygens (including phenoxy) is 2. The van der Waals surface area contributed by atoms with Crippen molar-refractivity contribution in [2.45, 2.75) is 51.4 Å². The lowest BCUT2D eigenvalue weighted by Gasteiger charge is -2.38. The quantitative estimate of drug-likeness (QED) is 0.811. The van der Waals surface area contributed by atoms with Crippen molar-refractivity contribution >= 4 is 5.91 Å². The molecular formula is C22H30N4O3. The van der Waals surface area contributed by atoms with Crippen molar-refractivity contribution < 1.29 is 14.3 Å². The zero-order valence-electron chi connectivity index (χ0n) is 17.6. The van der Waals surface area contributed by atoms with Crippen LogP contribution in [0.4, 0.5) is 0 Å². The molecule has 1 saturated heterocycles. The van der Waals surface area contributed by atoms with Crippen LogP contribution in [0.15, 0.2) is 30.3 Å². The van der Waals surface area contributed by atoms with E-state index in [0.29, 0.717) is 6.42 Å². The molecule has 7 nitrogen and oxygen atoms in total. The molecule has 4 rings (SSSR count). The van der Waals surface area contributed by atoms with Gasteiger partial charge in [-0.25, -0.2) is 10.9 Å². The molecule has 1 aromatic carbocycles. The van der Waals surface area contributed by atoms with Crippen LogP contribution in [0.25, 0.3) is 0 Å². The number of nitrogens with one attached hydrogen (secondary N) is 2. The molecule has 2 aliphatic rings. The molecule has 0 saturated carbocycles. The second-order valence-corrected chi connectivity index (χ2v) is 7.74. The Morgan fingerprint density at radius 1 is 1.14 bits per heavy atom. The van der Waals surface area contributed by atoms with Crippen LogP contribution in [0, 0.1) is 6.92 Å². The lowest BCUT2D eigenvalue weighted by molar-refractivity contribution is -0.137. The van der Waals surface area contributed by atoms with Gasteiger partial charge in [0.15, 0.2) is 0 Å². The van der Waals surface area contributed by atoms with Gasteiger partial charge < -0.3 is 18.9 Å². The van der Waals surface area contributed by atoms with Gasteiger partial charge in [0.25, 0.3) is 0 Å². The normalized spacial score (nSPS) is 23.7. The van der Waals surface area contributed by atoms with Gasteiger partial charge in [0.05, 0.1) is 26.3 Å². The third-order valence-corrected chi connectivity index (χ3v) is 6.20. The number of hydrogen-bond donors (Lipinski definition) is 2. The fraction of sp³-hybridized carbons (Fsp3) is 0.500. The van der Waals surface area contributed by atoms with Gasteiger partial charge in [-0.15, -0.1) is 0 Å². The highest BCUT2D eigenvalue weighted by Gasteiger charge is 2.38. The molecule has 1 aromatic heterocycles. The van der Waals surface area contributed by atoms with Gasteiger partial charge >= 0.3 is 0 Å². The number of hydrazine groups is 1. The van der Waals surface area contributed by atoms with E-state index >= 15 is 0 Å². The summed E-state index contributed by atoms with van der Waals surface area (Å²) in [4.78, 5) is 15.4. The third-order valence-electron chi connectivity index (χ3n) is 6.20. The molecule has 7 heteroatoms. The number of hydrogen-bond acceptors (Lipinski definition) is 5. The summed E-state index contributed by atoms with van der Waals surface area (Å²) in [5, 5.41) is 0. The van der Waals surface area contributed by atoms with Crippen molar-refractivity contribution in [3.63, 3.8) is 0 Å². The van der Waals surface area contributed by atoms with Crippen LogP contribution >= 0.6 is 0 Å². The number of carbonyl (C=O) groups excluding carboxylic acids is 1. The lowest BCUT2D eigenvalue weighted by Crippen LogP contribution is -2.50. The van der Waals surface area contributed by atoms with Crippen LogP contribution in [-0.2, 0) is 11.3 Å². The van der Waals surface area contributed by atoms with Gasteiger partial charge in [0.2, 0.25) is 5.91 Å². The number of aromatic nitrogens is 1. The molecule has 0 spiro atoms. The summed E-state index contributed by atoms with van der Waals surface area (Å²) in [6.45, 7) is 5.87. The Bertz CT molecular complexity index is 894. The van der Waals surface area contributed by atoms with E-state index in [4.69, 9.17) is 9.47 Å². The van der Waals surface area contributed by atoms with Gasteiger partial charge in [-0.2, -0.15) is 0 Å². The van der Waals surface area contributed by atoms with Gasteiger partial charge in [0, 0.05) is 30.0 Å². The minimum Gasteiger partial charge on any atom is -0.497 e. The highest BCUT2D eigenvalue weighted by Crippen LogP contribution is 2.35. The molecule has 2 aliphatic heterocycles. The molecule has 1 amide bonds. The number of amides is 1. The van der Waals surface area contributed by atoms with Crippen LogP contribution < -0.4 is 20.3 Å². The average Bonchev–Trinajstić information content (AvgIpc) is 3.39. The highest BCUT2D eigenvalue weighted by atomic mass is 16.5. The summed E-state index contributed by atoms with van der Waals surface area (Å²) >= 11 is 0. The van der Waals surface area contributed by atoms with E-state index in [-0.39, 0.29) is 24.0 Å². The average molecular weight is 399 g/mol. The summed E-state index contributed by atoms with van der Waals surface area (Å²) in [6.07, 6.45) is 1.57. The summed E-state index contributed by atoms with van der Waals surface area (Å²) in [6, 6.07) is 9.88. The molecule has 29 heavy (non-hydrogen) atoms. The van der Waals surface area contributed by atoms with Gasteiger partial charge in [-0.05, 0) is 50.1 Å². The van der Waals surface area contributed by atoms with Crippen LogP contribution in [0.5, 0.6) is 11.5 Å². The largest absolute Gasteiger partial charge is 0.497 e. The first-order valence-electron chi connectivity index (χ1n) is 10.3. The number of methoxy groups -OCH3 is 2. The first kappa shape index (κ1) is 19.8. The molecule has 3 atom stereocenters. The van der Waals surface area contributed by atoms with Crippen LogP contribution in [0.2, 0.25) is 0 Å². The minimum atomic E-state index is -0.271. The zero-order chi connectivity index (χ0) is 20.5. The second kappa shape index (κ2) is 8.08. The molecule has 3 heterocycles. The lowest BCUT2D eigenvalue weighted by atomic mass is 9.98. The Labute approximate surface area is 171 Å². The Morgan fingerprint density at radius 3 is 2.69 bits per heavy atom. The third kappa shape index (κ3) is 3.49. The number of aryl methyl sites for hydroxylation is 1. The van der Waals surface area contributed by atoms with Gasteiger partial charge in [-0.1, -0.05) is 6.92 Å². The first-order valence-corrected chi connectivity index (χ1v) is 10.3. The molecular weight excluding hydrogens is 368 g/mol. The maximum absolute atomic E-state index is 13.4. The fourth-order valence-electron chi connectivity index (χ4n) is 4.64. The Hall–Kier alpha value is -2.51. The molecule has 3 unspecified atom stereocenters. The van der Waals surface area contributed by atoms with Crippen molar-refractivity contribution in [3.05, 3.63) is 47.3 Å². The van der Waals surface area contributed by atoms with E-state index in [0.717, 1.165) is 36.6 Å². The molecule has 0 aliphatic carbocycles. The summed E-state index contributed by atoms with van der Waals surface area (Å²) < 4.78 is 13.2. The van der Waals surface area contributed by atoms with E-state index in [1.54, 1.807) is 14.2 Å². The van der Waals surface area contributed by atoms with Crippen LogP contribution in [0.3, 0.4) is 0 Å². The summed E-state index contributed by atoms with van der Waals surface area (Å²) in [5.41, 5.74) is 10.00. The van der Waals surface area contributed by atoms with Gasteiger partial charge in [0.1, 0.15) is 17.5 Å². The molecule has 2 N–H and O–H groups in total. The van der Waals surface area contributed by atoms with E-state index in [1.807, 2.05) is 23.1 Å². The monoisotopic (exact) mass is 398 g/mol. The van der Waals surface area contributed by atoms with E-state index < -0.39 is 0 Å². The highest BCUT2D eigenvalue weighted by molar-refractivity contribution is 5.83. The molecule has 156 valence electrons. The fourth-order valence-corrected chi connectivity index (χ4v) is 4.64. The maximum atomic E-state index is 13.4. The first-order chi connectivity index (χ1) is 14.1. The van der Waals surface area contributed by atoms with Crippen molar-refractivity contribution in [1.29, 1.82) is 0 Å². The van der Waals surface area contributed by atoms with Crippen LogP contribution in [-0.4, -0.2) is 42.2 Å². The summed E-state index contributed by atoms with van der Waals surface area (Å²) in [7, 11) is 3.31.